The van der Waals surface area contributed by atoms with Crippen LogP contribution in [0.4, 0.5) is 0 Å². The normalized spacial score (nSPS) is 11.7. The number of benzene rings is 2. The lowest BCUT2D eigenvalue weighted by molar-refractivity contribution is -0.140. The fraction of sp³-hybridized carbons (Fsp3) is 0.300. The van der Waals surface area contributed by atoms with Gasteiger partial charge in [-0.15, -0.1) is 0 Å². The van der Waals surface area contributed by atoms with Crippen LogP contribution in [0.15, 0.2) is 42.5 Å². The van der Waals surface area contributed by atoms with E-state index in [9.17, 15) is 9.59 Å². The first-order valence-electron chi connectivity index (χ1n) is 8.57. The van der Waals surface area contributed by atoms with E-state index in [1.165, 1.54) is 4.90 Å². The first kappa shape index (κ1) is 21.5. The van der Waals surface area contributed by atoms with Gasteiger partial charge in [0.15, 0.2) is 0 Å². The van der Waals surface area contributed by atoms with Crippen molar-refractivity contribution < 1.29 is 9.59 Å². The number of nitrogens with one attached hydrogen (secondary N) is 1. The van der Waals surface area contributed by atoms with E-state index in [1.807, 2.05) is 13.0 Å². The van der Waals surface area contributed by atoms with Crippen molar-refractivity contribution in [3.8, 4) is 0 Å². The Balaban J connectivity index is 2.27. The topological polar surface area (TPSA) is 49.4 Å². The van der Waals surface area contributed by atoms with Crippen LogP contribution in [0, 0.1) is 0 Å². The second-order valence-electron chi connectivity index (χ2n) is 6.13. The fourth-order valence-corrected chi connectivity index (χ4v) is 3.34. The third-order valence-electron chi connectivity index (χ3n) is 4.12. The number of carbonyl (C=O) groups excluding carboxylic acids is 2. The lowest BCUT2D eigenvalue weighted by Crippen LogP contribution is -2.48. The molecule has 0 saturated heterocycles. The van der Waals surface area contributed by atoms with E-state index in [4.69, 9.17) is 34.8 Å². The maximum absolute atomic E-state index is 13.0. The lowest BCUT2D eigenvalue weighted by Gasteiger charge is -2.29. The number of hydrogen-bond donors (Lipinski definition) is 1. The van der Waals surface area contributed by atoms with E-state index in [0.717, 1.165) is 11.1 Å². The van der Waals surface area contributed by atoms with Gasteiger partial charge in [-0.05, 0) is 49.2 Å². The molecular weight excluding hydrogens is 407 g/mol. The summed E-state index contributed by atoms with van der Waals surface area (Å²) < 4.78 is 0. The molecule has 4 nitrogen and oxygen atoms in total. The molecule has 2 aromatic carbocycles. The second kappa shape index (κ2) is 9.98. The molecule has 1 unspecified atom stereocenters. The van der Waals surface area contributed by atoms with Crippen molar-refractivity contribution in [3.63, 3.8) is 0 Å². The van der Waals surface area contributed by atoms with Crippen molar-refractivity contribution in [1.82, 2.24) is 10.2 Å². The molecule has 144 valence electrons. The minimum absolute atomic E-state index is 0.134. The van der Waals surface area contributed by atoms with Crippen LogP contribution in [0.1, 0.15) is 25.0 Å². The Morgan fingerprint density at radius 3 is 2.41 bits per heavy atom. The summed E-state index contributed by atoms with van der Waals surface area (Å²) in [5, 5.41) is 4.28. The Hall–Kier alpha value is -1.75. The highest BCUT2D eigenvalue weighted by Gasteiger charge is 2.26. The number of halogens is 3. The van der Waals surface area contributed by atoms with Gasteiger partial charge in [0.05, 0.1) is 6.42 Å². The van der Waals surface area contributed by atoms with Gasteiger partial charge < -0.3 is 10.2 Å². The van der Waals surface area contributed by atoms with Crippen molar-refractivity contribution in [2.24, 2.45) is 0 Å². The summed E-state index contributed by atoms with van der Waals surface area (Å²) in [5.41, 5.74) is 1.50. The van der Waals surface area contributed by atoms with E-state index in [1.54, 1.807) is 43.3 Å². The molecule has 0 fully saturated rings. The zero-order valence-corrected chi connectivity index (χ0v) is 17.4. The Bertz CT molecular complexity index is 827. The van der Waals surface area contributed by atoms with E-state index in [2.05, 4.69) is 5.32 Å². The Morgan fingerprint density at radius 1 is 1.07 bits per heavy atom. The van der Waals surface area contributed by atoms with Crippen LogP contribution in [0.25, 0.3) is 0 Å². The summed E-state index contributed by atoms with van der Waals surface area (Å²) in [5.74, 6) is -0.413. The molecule has 0 saturated carbocycles. The van der Waals surface area contributed by atoms with Gasteiger partial charge in [-0.3, -0.25) is 9.59 Å². The monoisotopic (exact) mass is 426 g/mol. The molecule has 0 spiro atoms. The fourth-order valence-electron chi connectivity index (χ4n) is 2.66. The van der Waals surface area contributed by atoms with Crippen LogP contribution in [-0.2, 0) is 22.6 Å². The van der Waals surface area contributed by atoms with Gasteiger partial charge in [-0.1, -0.05) is 53.0 Å². The highest BCUT2D eigenvalue weighted by atomic mass is 35.5. The molecule has 0 heterocycles. The average Bonchev–Trinajstić information content (AvgIpc) is 2.60. The largest absolute Gasteiger partial charge is 0.355 e. The summed E-state index contributed by atoms with van der Waals surface area (Å²) in [4.78, 5) is 26.8. The molecule has 0 bridgehead atoms. The lowest BCUT2D eigenvalue weighted by atomic mass is 10.1. The zero-order chi connectivity index (χ0) is 20.0. The first-order valence-corrected chi connectivity index (χ1v) is 9.70. The van der Waals surface area contributed by atoms with Crippen molar-refractivity contribution >= 4 is 46.6 Å². The minimum Gasteiger partial charge on any atom is -0.355 e. The minimum atomic E-state index is -0.650. The number of amides is 2. The van der Waals surface area contributed by atoms with Gasteiger partial charge in [0.25, 0.3) is 0 Å². The van der Waals surface area contributed by atoms with Crippen molar-refractivity contribution in [1.29, 1.82) is 0 Å². The van der Waals surface area contributed by atoms with Gasteiger partial charge >= 0.3 is 0 Å². The Kier molecular flexibility index (Phi) is 7.96. The molecule has 1 atom stereocenters. The molecule has 0 aliphatic heterocycles. The standard InChI is InChI=1S/C20H21Cl3N2O2/c1-3-24-20(27)13(2)25(12-15-7-8-17(22)11-18(15)23)19(26)10-14-5-4-6-16(21)9-14/h4-9,11,13H,3,10,12H2,1-2H3,(H,24,27). The molecule has 2 amide bonds. The summed E-state index contributed by atoms with van der Waals surface area (Å²) in [6.07, 6.45) is 0.134. The predicted octanol–water partition coefficient (Wildman–Crippen LogP) is 4.74. The molecule has 2 aromatic rings. The molecule has 0 aromatic heterocycles. The van der Waals surface area contributed by atoms with E-state index in [0.29, 0.717) is 21.6 Å². The zero-order valence-electron chi connectivity index (χ0n) is 15.1. The highest BCUT2D eigenvalue weighted by Crippen LogP contribution is 2.23. The van der Waals surface area contributed by atoms with Crippen LogP contribution in [0.3, 0.4) is 0 Å². The van der Waals surface area contributed by atoms with Crippen LogP contribution < -0.4 is 5.32 Å². The van der Waals surface area contributed by atoms with E-state index >= 15 is 0 Å². The molecule has 0 aliphatic rings. The van der Waals surface area contributed by atoms with Crippen LogP contribution in [-0.4, -0.2) is 29.3 Å². The number of likely N-dealkylation sites (N-methyl/N-ethyl adjacent to an activating group) is 1. The summed E-state index contributed by atoms with van der Waals surface area (Å²) in [6.45, 7) is 4.22. The number of hydrogen-bond acceptors (Lipinski definition) is 2. The SMILES string of the molecule is CCNC(=O)C(C)N(Cc1ccc(Cl)cc1Cl)C(=O)Cc1cccc(Cl)c1. The van der Waals surface area contributed by atoms with Gasteiger partial charge in [0, 0.05) is 28.2 Å². The number of carbonyl (C=O) groups is 2. The van der Waals surface area contributed by atoms with Crippen LogP contribution >= 0.6 is 34.8 Å². The Labute approximate surface area is 174 Å². The molecule has 0 aliphatic carbocycles. The summed E-state index contributed by atoms with van der Waals surface area (Å²) >= 11 is 18.2. The van der Waals surface area contributed by atoms with Gasteiger partial charge in [-0.25, -0.2) is 0 Å². The smallest absolute Gasteiger partial charge is 0.242 e. The van der Waals surface area contributed by atoms with Gasteiger partial charge in [-0.2, -0.15) is 0 Å². The first-order chi connectivity index (χ1) is 12.8. The summed E-state index contributed by atoms with van der Waals surface area (Å²) in [7, 11) is 0. The maximum atomic E-state index is 13.0. The number of nitrogens with zero attached hydrogens (tertiary/aromatic N) is 1. The number of rotatable bonds is 7. The molecule has 27 heavy (non-hydrogen) atoms. The van der Waals surface area contributed by atoms with Crippen molar-refractivity contribution in [2.75, 3.05) is 6.54 Å². The van der Waals surface area contributed by atoms with Crippen molar-refractivity contribution in [2.45, 2.75) is 32.9 Å². The predicted molar refractivity (Wildman–Crippen MR) is 110 cm³/mol. The second-order valence-corrected chi connectivity index (χ2v) is 7.41. The highest BCUT2D eigenvalue weighted by molar-refractivity contribution is 6.35. The van der Waals surface area contributed by atoms with Crippen LogP contribution in [0.5, 0.6) is 0 Å². The molecule has 2 rings (SSSR count). The van der Waals surface area contributed by atoms with Crippen molar-refractivity contribution in [3.05, 3.63) is 68.7 Å². The Morgan fingerprint density at radius 2 is 1.78 bits per heavy atom. The van der Waals surface area contributed by atoms with Gasteiger partial charge in [0.1, 0.15) is 6.04 Å². The van der Waals surface area contributed by atoms with E-state index < -0.39 is 6.04 Å². The molecule has 7 heteroatoms. The molecular formula is C20H21Cl3N2O2. The average molecular weight is 428 g/mol. The maximum Gasteiger partial charge on any atom is 0.242 e. The third kappa shape index (κ3) is 6.13. The van der Waals surface area contributed by atoms with Crippen LogP contribution in [0.2, 0.25) is 15.1 Å². The van der Waals surface area contributed by atoms with E-state index in [-0.39, 0.29) is 24.8 Å². The van der Waals surface area contributed by atoms with Gasteiger partial charge in [0.2, 0.25) is 11.8 Å². The third-order valence-corrected chi connectivity index (χ3v) is 4.94. The summed E-state index contributed by atoms with van der Waals surface area (Å²) in [6, 6.07) is 11.5. The quantitative estimate of drug-likeness (QED) is 0.693. The molecule has 1 N–H and O–H groups in total. The molecule has 0 radical (unpaired) electrons.